The molecular weight excluding hydrogens is 222 g/mol. The Morgan fingerprint density at radius 1 is 1.71 bits per heavy atom. The number of aromatic amines is 1. The normalized spacial score (nSPS) is 18.7. The van der Waals surface area contributed by atoms with Crippen molar-refractivity contribution in [2.75, 3.05) is 13.7 Å². The molecule has 1 amide bonds. The van der Waals surface area contributed by atoms with Gasteiger partial charge in [0.2, 0.25) is 0 Å². The Labute approximate surface area is 98.6 Å². The van der Waals surface area contributed by atoms with Crippen LogP contribution in [0.4, 0.5) is 4.79 Å². The van der Waals surface area contributed by atoms with Gasteiger partial charge >= 0.3 is 6.09 Å². The number of amides is 1. The maximum atomic E-state index is 11.6. The smallest absolute Gasteiger partial charge is 0.410 e. The summed E-state index contributed by atoms with van der Waals surface area (Å²) in [6.45, 7) is 2.45. The highest BCUT2D eigenvalue weighted by atomic mass is 16.5. The topological polar surface area (TPSA) is 75.3 Å². The molecular formula is C11H15N3O3. The van der Waals surface area contributed by atoms with Gasteiger partial charge in [0.25, 0.3) is 5.56 Å². The minimum absolute atomic E-state index is 0.113. The lowest BCUT2D eigenvalue weighted by molar-refractivity contribution is 0.0980. The molecule has 1 N–H and O–H groups in total. The van der Waals surface area contributed by atoms with E-state index in [1.165, 1.54) is 13.4 Å². The fourth-order valence-electron chi connectivity index (χ4n) is 2.26. The average Bonchev–Trinajstić information content (AvgIpc) is 2.37. The summed E-state index contributed by atoms with van der Waals surface area (Å²) in [5, 5.41) is 0. The van der Waals surface area contributed by atoms with E-state index in [0.29, 0.717) is 30.6 Å². The highest BCUT2D eigenvalue weighted by molar-refractivity contribution is 5.68. The Kier molecular flexibility index (Phi) is 3.12. The van der Waals surface area contributed by atoms with Crippen molar-refractivity contribution in [3.05, 3.63) is 27.9 Å². The van der Waals surface area contributed by atoms with E-state index in [4.69, 9.17) is 4.74 Å². The van der Waals surface area contributed by atoms with E-state index in [1.807, 2.05) is 6.92 Å². The summed E-state index contributed by atoms with van der Waals surface area (Å²) in [6.07, 6.45) is 2.23. The molecule has 92 valence electrons. The second-order valence-corrected chi connectivity index (χ2v) is 3.93. The predicted molar refractivity (Wildman–Crippen MR) is 60.7 cm³/mol. The molecule has 0 radical (unpaired) electrons. The fourth-order valence-corrected chi connectivity index (χ4v) is 2.26. The average molecular weight is 237 g/mol. The molecule has 0 saturated carbocycles. The summed E-state index contributed by atoms with van der Waals surface area (Å²) in [5.74, 6) is 0. The number of nitrogens with zero attached hydrogens (tertiary/aromatic N) is 2. The minimum atomic E-state index is -0.371. The molecule has 0 aromatic carbocycles. The molecule has 1 aromatic rings. The highest BCUT2D eigenvalue weighted by Gasteiger charge is 2.32. The number of fused-ring (bicyclic) bond motifs is 1. The molecule has 0 spiro atoms. The third kappa shape index (κ3) is 1.90. The number of hydrogen-bond donors (Lipinski definition) is 1. The predicted octanol–water partition coefficient (Wildman–Crippen LogP) is 0.845. The summed E-state index contributed by atoms with van der Waals surface area (Å²) in [5.41, 5.74) is 1.25. The summed E-state index contributed by atoms with van der Waals surface area (Å²) in [4.78, 5) is 31.6. The molecule has 2 rings (SSSR count). The maximum Gasteiger partial charge on any atom is 0.410 e. The van der Waals surface area contributed by atoms with Crippen molar-refractivity contribution in [2.24, 2.45) is 0 Å². The molecule has 6 nitrogen and oxygen atoms in total. The Bertz CT molecular complexity index is 483. The van der Waals surface area contributed by atoms with Crippen LogP contribution in [0.3, 0.4) is 0 Å². The first-order chi connectivity index (χ1) is 8.19. The third-order valence-electron chi connectivity index (χ3n) is 3.07. The number of ether oxygens (including phenoxy) is 1. The monoisotopic (exact) mass is 237 g/mol. The number of aromatic nitrogens is 2. The van der Waals surface area contributed by atoms with Crippen molar-refractivity contribution in [3.63, 3.8) is 0 Å². The fraction of sp³-hybridized carbons (Fsp3) is 0.545. The van der Waals surface area contributed by atoms with Gasteiger partial charge in [-0.2, -0.15) is 0 Å². The van der Waals surface area contributed by atoms with Gasteiger partial charge in [0.15, 0.2) is 0 Å². The van der Waals surface area contributed by atoms with Gasteiger partial charge < -0.3 is 9.72 Å². The van der Waals surface area contributed by atoms with Crippen LogP contribution < -0.4 is 5.56 Å². The summed E-state index contributed by atoms with van der Waals surface area (Å²) < 4.78 is 4.74. The zero-order valence-electron chi connectivity index (χ0n) is 9.90. The van der Waals surface area contributed by atoms with Crippen molar-refractivity contribution in [1.29, 1.82) is 0 Å². The van der Waals surface area contributed by atoms with Gasteiger partial charge in [0, 0.05) is 12.1 Å². The van der Waals surface area contributed by atoms with Gasteiger partial charge in [0.1, 0.15) is 0 Å². The summed E-state index contributed by atoms with van der Waals surface area (Å²) in [7, 11) is 1.36. The third-order valence-corrected chi connectivity index (χ3v) is 3.07. The lowest BCUT2D eigenvalue weighted by atomic mass is 9.97. The largest absolute Gasteiger partial charge is 0.453 e. The molecule has 0 fully saturated rings. The quantitative estimate of drug-likeness (QED) is 0.785. The van der Waals surface area contributed by atoms with Crippen LogP contribution in [0.5, 0.6) is 0 Å². The molecule has 17 heavy (non-hydrogen) atoms. The number of carbonyl (C=O) groups is 1. The van der Waals surface area contributed by atoms with E-state index in [0.717, 1.165) is 0 Å². The number of rotatable bonds is 1. The molecule has 0 aliphatic carbocycles. The Morgan fingerprint density at radius 2 is 2.47 bits per heavy atom. The van der Waals surface area contributed by atoms with Crippen LogP contribution in [0.2, 0.25) is 0 Å². The molecule has 6 heteroatoms. The standard InChI is InChI=1S/C11H15N3O3/c1-3-8-9-7(10(15)13-6-12-9)4-5-14(8)11(16)17-2/h6,8H,3-5H2,1-2H3,(H,12,13,15). The van der Waals surface area contributed by atoms with Crippen molar-refractivity contribution in [2.45, 2.75) is 25.8 Å². The lowest BCUT2D eigenvalue weighted by Gasteiger charge is -2.34. The van der Waals surface area contributed by atoms with Crippen molar-refractivity contribution in [3.8, 4) is 0 Å². The molecule has 1 atom stereocenters. The van der Waals surface area contributed by atoms with Gasteiger partial charge in [0.05, 0.1) is 25.2 Å². The molecule has 1 aliphatic heterocycles. The summed E-state index contributed by atoms with van der Waals surface area (Å²) >= 11 is 0. The van der Waals surface area contributed by atoms with Crippen molar-refractivity contribution < 1.29 is 9.53 Å². The second-order valence-electron chi connectivity index (χ2n) is 3.93. The van der Waals surface area contributed by atoms with E-state index in [1.54, 1.807) is 4.90 Å². The lowest BCUT2D eigenvalue weighted by Crippen LogP contribution is -2.42. The van der Waals surface area contributed by atoms with Gasteiger partial charge in [-0.15, -0.1) is 0 Å². The van der Waals surface area contributed by atoms with Crippen LogP contribution in [0.25, 0.3) is 0 Å². The van der Waals surface area contributed by atoms with Gasteiger partial charge in [-0.25, -0.2) is 9.78 Å². The first-order valence-electron chi connectivity index (χ1n) is 5.60. The first-order valence-corrected chi connectivity index (χ1v) is 5.60. The molecule has 1 aromatic heterocycles. The van der Waals surface area contributed by atoms with Gasteiger partial charge in [-0.1, -0.05) is 6.92 Å². The van der Waals surface area contributed by atoms with Crippen LogP contribution in [-0.2, 0) is 11.2 Å². The van der Waals surface area contributed by atoms with Crippen LogP contribution >= 0.6 is 0 Å². The molecule has 0 saturated heterocycles. The van der Waals surface area contributed by atoms with Crippen molar-refractivity contribution in [1.82, 2.24) is 14.9 Å². The van der Waals surface area contributed by atoms with Crippen LogP contribution in [0, 0.1) is 0 Å². The minimum Gasteiger partial charge on any atom is -0.453 e. The molecule has 0 bridgehead atoms. The Morgan fingerprint density at radius 3 is 3.12 bits per heavy atom. The van der Waals surface area contributed by atoms with E-state index in [2.05, 4.69) is 9.97 Å². The molecule has 1 unspecified atom stereocenters. The zero-order valence-corrected chi connectivity index (χ0v) is 9.90. The Hall–Kier alpha value is -1.85. The van der Waals surface area contributed by atoms with Crippen molar-refractivity contribution >= 4 is 6.09 Å². The second kappa shape index (κ2) is 4.57. The van der Waals surface area contributed by atoms with E-state index in [9.17, 15) is 9.59 Å². The molecule has 2 heterocycles. The van der Waals surface area contributed by atoms with Gasteiger partial charge in [-0.3, -0.25) is 9.69 Å². The summed E-state index contributed by atoms with van der Waals surface area (Å²) in [6, 6.07) is -0.173. The zero-order chi connectivity index (χ0) is 12.4. The number of methoxy groups -OCH3 is 1. The SMILES string of the molecule is CCC1c2nc[nH]c(=O)c2CCN1C(=O)OC. The van der Waals surface area contributed by atoms with Crippen LogP contribution in [0.1, 0.15) is 30.6 Å². The molecule has 1 aliphatic rings. The maximum absolute atomic E-state index is 11.6. The van der Waals surface area contributed by atoms with E-state index < -0.39 is 0 Å². The number of hydrogen-bond acceptors (Lipinski definition) is 4. The highest BCUT2D eigenvalue weighted by Crippen LogP contribution is 2.28. The van der Waals surface area contributed by atoms with Crippen LogP contribution in [-0.4, -0.2) is 34.6 Å². The first kappa shape index (κ1) is 11.6. The number of nitrogens with one attached hydrogen (secondary N) is 1. The van der Waals surface area contributed by atoms with Crippen LogP contribution in [0.15, 0.2) is 11.1 Å². The number of carbonyl (C=O) groups excluding carboxylic acids is 1. The van der Waals surface area contributed by atoms with Gasteiger partial charge in [-0.05, 0) is 12.8 Å². The number of H-pyrrole nitrogens is 1. The Balaban J connectivity index is 2.43. The van der Waals surface area contributed by atoms with E-state index in [-0.39, 0.29) is 17.7 Å². The van der Waals surface area contributed by atoms with E-state index >= 15 is 0 Å².